The Bertz CT molecular complexity index is 381. The first-order valence-electron chi connectivity index (χ1n) is 7.99. The Kier molecular flexibility index (Phi) is 11.7. The van der Waals surface area contributed by atoms with Crippen molar-refractivity contribution in [2.45, 2.75) is 39.0 Å². The second-order valence-corrected chi connectivity index (χ2v) is 5.85. The van der Waals surface area contributed by atoms with Crippen molar-refractivity contribution >= 4 is 30.5 Å². The number of rotatable bonds is 7. The van der Waals surface area contributed by atoms with Gasteiger partial charge in [-0.15, -0.1) is 24.8 Å². The molecular formula is C17H29Cl2FN2. The fraction of sp³-hybridized carbons (Fsp3) is 0.647. The minimum Gasteiger partial charge on any atom is -0.385 e. The molecular weight excluding hydrogens is 322 g/mol. The maximum atomic E-state index is 12.8. The molecule has 1 aliphatic heterocycles. The summed E-state index contributed by atoms with van der Waals surface area (Å²) in [5.74, 6) is 0.523. The number of hydrogen-bond donors (Lipinski definition) is 1. The van der Waals surface area contributed by atoms with Gasteiger partial charge in [-0.3, -0.25) is 0 Å². The third kappa shape index (κ3) is 7.66. The lowest BCUT2D eigenvalue weighted by Gasteiger charge is -2.28. The van der Waals surface area contributed by atoms with Gasteiger partial charge in [0.1, 0.15) is 5.82 Å². The predicted molar refractivity (Wildman–Crippen MR) is 98.1 cm³/mol. The molecule has 1 unspecified atom stereocenters. The second-order valence-electron chi connectivity index (χ2n) is 5.85. The summed E-state index contributed by atoms with van der Waals surface area (Å²) in [5, 5.41) is 3.43. The Morgan fingerprint density at radius 1 is 1.09 bits per heavy atom. The molecule has 0 saturated carbocycles. The van der Waals surface area contributed by atoms with Crippen LogP contribution in [0.1, 0.15) is 39.0 Å². The Balaban J connectivity index is 0.00000220. The molecule has 1 aromatic rings. The van der Waals surface area contributed by atoms with Crippen LogP contribution in [-0.4, -0.2) is 31.1 Å². The number of hydrogen-bond acceptors (Lipinski definition) is 2. The highest BCUT2D eigenvalue weighted by molar-refractivity contribution is 5.85. The van der Waals surface area contributed by atoms with E-state index >= 15 is 0 Å². The van der Waals surface area contributed by atoms with Gasteiger partial charge in [0.2, 0.25) is 0 Å². The van der Waals surface area contributed by atoms with Gasteiger partial charge in [-0.05, 0) is 69.1 Å². The van der Waals surface area contributed by atoms with Crippen molar-refractivity contribution in [3.05, 3.63) is 30.1 Å². The lowest BCUT2D eigenvalue weighted by atomic mass is 10.0. The number of benzene rings is 1. The first-order chi connectivity index (χ1) is 9.78. The van der Waals surface area contributed by atoms with Gasteiger partial charge in [0.25, 0.3) is 0 Å². The quantitative estimate of drug-likeness (QED) is 0.745. The number of halogens is 3. The summed E-state index contributed by atoms with van der Waals surface area (Å²) in [6, 6.07) is 6.65. The molecule has 0 amide bonds. The van der Waals surface area contributed by atoms with Crippen molar-refractivity contribution < 1.29 is 4.39 Å². The Hall–Kier alpha value is -0.510. The van der Waals surface area contributed by atoms with Crippen LogP contribution in [0.4, 0.5) is 10.1 Å². The summed E-state index contributed by atoms with van der Waals surface area (Å²) in [6.07, 6.45) is 6.59. The van der Waals surface area contributed by atoms with Crippen LogP contribution in [0, 0.1) is 11.7 Å². The molecule has 0 aliphatic carbocycles. The summed E-state index contributed by atoms with van der Waals surface area (Å²) in [4.78, 5) is 2.60. The summed E-state index contributed by atoms with van der Waals surface area (Å²) >= 11 is 0. The molecule has 0 spiro atoms. The highest BCUT2D eigenvalue weighted by atomic mass is 35.5. The van der Waals surface area contributed by atoms with Crippen LogP contribution in [0.25, 0.3) is 0 Å². The number of anilines is 1. The van der Waals surface area contributed by atoms with Crippen molar-refractivity contribution in [3.8, 4) is 0 Å². The molecule has 1 saturated heterocycles. The largest absolute Gasteiger partial charge is 0.385 e. The number of nitrogens with one attached hydrogen (secondary N) is 1. The Morgan fingerprint density at radius 3 is 2.32 bits per heavy atom. The first kappa shape index (κ1) is 21.5. The highest BCUT2D eigenvalue weighted by Crippen LogP contribution is 2.15. The summed E-state index contributed by atoms with van der Waals surface area (Å²) in [5.41, 5.74) is 1.02. The molecule has 2 nitrogen and oxygen atoms in total. The molecule has 2 rings (SSSR count). The number of nitrogens with zero attached hydrogens (tertiary/aromatic N) is 1. The van der Waals surface area contributed by atoms with Gasteiger partial charge in [0.05, 0.1) is 0 Å². The standard InChI is InChI=1S/C17H27FN2.2ClH/c1-2-15(10-13-20-11-4-3-5-12-20)14-19-17-8-6-16(18)7-9-17;;/h6-9,15,19H,2-5,10-14H2,1H3;2*1H. The second kappa shape index (κ2) is 12.0. The van der Waals surface area contributed by atoms with Gasteiger partial charge in [0, 0.05) is 12.2 Å². The minimum absolute atomic E-state index is 0. The van der Waals surface area contributed by atoms with Crippen molar-refractivity contribution in [1.29, 1.82) is 0 Å². The molecule has 1 N–H and O–H groups in total. The van der Waals surface area contributed by atoms with Gasteiger partial charge in [-0.2, -0.15) is 0 Å². The lowest BCUT2D eigenvalue weighted by molar-refractivity contribution is 0.213. The van der Waals surface area contributed by atoms with Gasteiger partial charge in [-0.1, -0.05) is 19.8 Å². The number of piperidine rings is 1. The molecule has 1 heterocycles. The van der Waals surface area contributed by atoms with Crippen molar-refractivity contribution in [3.63, 3.8) is 0 Å². The van der Waals surface area contributed by atoms with Gasteiger partial charge in [-0.25, -0.2) is 4.39 Å². The summed E-state index contributed by atoms with van der Waals surface area (Å²) < 4.78 is 12.8. The van der Waals surface area contributed by atoms with Gasteiger partial charge < -0.3 is 10.2 Å². The molecule has 0 aromatic heterocycles. The zero-order chi connectivity index (χ0) is 14.2. The maximum absolute atomic E-state index is 12.8. The van der Waals surface area contributed by atoms with Crippen LogP contribution in [0.15, 0.2) is 24.3 Å². The van der Waals surface area contributed by atoms with Crippen LogP contribution >= 0.6 is 24.8 Å². The average Bonchev–Trinajstić information content (AvgIpc) is 2.50. The molecule has 128 valence electrons. The molecule has 1 aromatic carbocycles. The molecule has 0 bridgehead atoms. The van der Waals surface area contributed by atoms with E-state index in [9.17, 15) is 4.39 Å². The summed E-state index contributed by atoms with van der Waals surface area (Å²) in [6.45, 7) is 7.02. The average molecular weight is 351 g/mol. The van der Waals surface area contributed by atoms with Crippen LogP contribution < -0.4 is 5.32 Å². The normalized spacial score (nSPS) is 16.3. The smallest absolute Gasteiger partial charge is 0.123 e. The van der Waals surface area contributed by atoms with E-state index in [1.165, 1.54) is 63.9 Å². The van der Waals surface area contributed by atoms with E-state index in [1.54, 1.807) is 0 Å². The molecule has 1 aliphatic rings. The lowest BCUT2D eigenvalue weighted by Crippen LogP contribution is -2.32. The number of likely N-dealkylation sites (tertiary alicyclic amines) is 1. The van der Waals surface area contributed by atoms with E-state index in [2.05, 4.69) is 17.1 Å². The van der Waals surface area contributed by atoms with Crippen molar-refractivity contribution in [2.24, 2.45) is 5.92 Å². The zero-order valence-electron chi connectivity index (χ0n) is 13.4. The minimum atomic E-state index is -0.173. The topological polar surface area (TPSA) is 15.3 Å². The molecule has 1 fully saturated rings. The first-order valence-corrected chi connectivity index (χ1v) is 7.99. The molecule has 1 atom stereocenters. The zero-order valence-corrected chi connectivity index (χ0v) is 15.0. The van der Waals surface area contributed by atoms with Crippen molar-refractivity contribution in [1.82, 2.24) is 4.90 Å². The van der Waals surface area contributed by atoms with E-state index in [0.29, 0.717) is 5.92 Å². The van der Waals surface area contributed by atoms with E-state index in [-0.39, 0.29) is 30.6 Å². The Morgan fingerprint density at radius 2 is 1.73 bits per heavy atom. The van der Waals surface area contributed by atoms with Crippen molar-refractivity contribution in [2.75, 3.05) is 31.5 Å². The van der Waals surface area contributed by atoms with Gasteiger partial charge in [0.15, 0.2) is 0 Å². The monoisotopic (exact) mass is 350 g/mol. The highest BCUT2D eigenvalue weighted by Gasteiger charge is 2.12. The Labute approximate surface area is 146 Å². The maximum Gasteiger partial charge on any atom is 0.123 e. The fourth-order valence-electron chi connectivity index (χ4n) is 2.83. The van der Waals surface area contributed by atoms with E-state index in [0.717, 1.165) is 12.2 Å². The fourth-order valence-corrected chi connectivity index (χ4v) is 2.83. The summed E-state index contributed by atoms with van der Waals surface area (Å²) in [7, 11) is 0. The van der Waals surface area contributed by atoms with Crippen LogP contribution in [0.5, 0.6) is 0 Å². The van der Waals surface area contributed by atoms with Crippen LogP contribution in [-0.2, 0) is 0 Å². The third-order valence-electron chi connectivity index (χ3n) is 4.32. The molecule has 5 heteroatoms. The third-order valence-corrected chi connectivity index (χ3v) is 4.32. The van der Waals surface area contributed by atoms with E-state index in [1.807, 2.05) is 12.1 Å². The van der Waals surface area contributed by atoms with E-state index in [4.69, 9.17) is 0 Å². The van der Waals surface area contributed by atoms with E-state index < -0.39 is 0 Å². The molecule has 22 heavy (non-hydrogen) atoms. The van der Waals surface area contributed by atoms with Gasteiger partial charge >= 0.3 is 0 Å². The van der Waals surface area contributed by atoms with Crippen LogP contribution in [0.2, 0.25) is 0 Å². The predicted octanol–water partition coefficient (Wildman–Crippen LogP) is 4.98. The SMILES string of the molecule is CCC(CCN1CCCCC1)CNc1ccc(F)cc1.Cl.Cl. The van der Waals surface area contributed by atoms with Crippen LogP contribution in [0.3, 0.4) is 0 Å². The molecule has 0 radical (unpaired) electrons.